The summed E-state index contributed by atoms with van der Waals surface area (Å²) < 4.78 is 108. The Morgan fingerprint density at radius 3 is 2.33 bits per heavy atom. The average Bonchev–Trinajstić information content (AvgIpc) is 3.26. The molecule has 4 rings (SSSR count). The lowest BCUT2D eigenvalue weighted by molar-refractivity contribution is 0.101. The largest absolute Gasteiger partial charge is 0.320 e. The van der Waals surface area contributed by atoms with Gasteiger partial charge < -0.3 is 5.32 Å². The molecule has 230 valence electrons. The summed E-state index contributed by atoms with van der Waals surface area (Å²) in [5.41, 5.74) is -1.73. The van der Waals surface area contributed by atoms with Crippen molar-refractivity contribution in [1.82, 2.24) is 8.96 Å². The van der Waals surface area contributed by atoms with Crippen LogP contribution in [0.2, 0.25) is 0 Å². The fourth-order valence-corrected chi connectivity index (χ4v) is 9.60. The zero-order valence-electron chi connectivity index (χ0n) is 22.4. The number of carbonyl (C=O) groups is 1. The Hall–Kier alpha value is -3.16. The molecule has 0 radical (unpaired) electrons. The van der Waals surface area contributed by atoms with E-state index in [-0.39, 0.29) is 34.2 Å². The van der Waals surface area contributed by atoms with Gasteiger partial charge in [0.05, 0.1) is 37.7 Å². The topological polar surface area (TPSA) is 161 Å². The van der Waals surface area contributed by atoms with Crippen LogP contribution in [-0.4, -0.2) is 57.4 Å². The van der Waals surface area contributed by atoms with Crippen molar-refractivity contribution in [3.05, 3.63) is 81.7 Å². The van der Waals surface area contributed by atoms with Gasteiger partial charge in [-0.2, -0.15) is 0 Å². The highest BCUT2D eigenvalue weighted by Crippen LogP contribution is 2.28. The molecule has 0 fully saturated rings. The smallest absolute Gasteiger partial charge is 0.270 e. The van der Waals surface area contributed by atoms with E-state index in [9.17, 15) is 34.4 Å². The van der Waals surface area contributed by atoms with Gasteiger partial charge in [0.15, 0.2) is 11.5 Å². The number of nitrogens with one attached hydrogen (secondary N) is 2. The maximum atomic E-state index is 15.2. The molecule has 0 aliphatic rings. The SMILES string of the molecule is CCCS(=O)(=O)CCCS(=O)(=O)Nc1ccc(F)c(C(=O)Nc2cnc3c(c2)cc(I)n3S(=O)(=O)c2ccccc2)c1F. The monoisotopic (exact) mass is 766 g/mol. The summed E-state index contributed by atoms with van der Waals surface area (Å²) in [6.45, 7) is 1.67. The molecule has 0 saturated heterocycles. The number of aromatic nitrogens is 2. The van der Waals surface area contributed by atoms with Crippen LogP contribution in [0.3, 0.4) is 0 Å². The lowest BCUT2D eigenvalue weighted by Crippen LogP contribution is -2.22. The number of rotatable bonds is 12. The fraction of sp³-hybridized carbons (Fsp3) is 0.231. The van der Waals surface area contributed by atoms with Crippen LogP contribution in [0.1, 0.15) is 30.1 Å². The summed E-state index contributed by atoms with van der Waals surface area (Å²) in [4.78, 5) is 17.1. The van der Waals surface area contributed by atoms with Gasteiger partial charge in [-0.05, 0) is 71.8 Å². The fourth-order valence-electron chi connectivity index (χ4n) is 4.17. The van der Waals surface area contributed by atoms with E-state index in [1.54, 1.807) is 25.1 Å². The number of pyridine rings is 1. The summed E-state index contributed by atoms with van der Waals surface area (Å²) in [6, 6.07) is 12.1. The average molecular weight is 767 g/mol. The number of hydrogen-bond acceptors (Lipinski definition) is 8. The van der Waals surface area contributed by atoms with Crippen LogP contribution >= 0.6 is 22.6 Å². The first-order chi connectivity index (χ1) is 20.1. The van der Waals surface area contributed by atoms with Crippen LogP contribution in [0.4, 0.5) is 20.2 Å². The van der Waals surface area contributed by atoms with Crippen molar-refractivity contribution in [3.8, 4) is 0 Å². The second-order valence-electron chi connectivity index (χ2n) is 9.35. The summed E-state index contributed by atoms with van der Waals surface area (Å²) in [5, 5.41) is 2.61. The van der Waals surface area contributed by atoms with Gasteiger partial charge in [-0.3, -0.25) is 9.52 Å². The van der Waals surface area contributed by atoms with Gasteiger partial charge in [0.25, 0.3) is 15.9 Å². The lowest BCUT2D eigenvalue weighted by Gasteiger charge is -2.13. The Bertz CT molecular complexity index is 2020. The van der Waals surface area contributed by atoms with Gasteiger partial charge in [-0.1, -0.05) is 25.1 Å². The van der Waals surface area contributed by atoms with Gasteiger partial charge in [-0.15, -0.1) is 0 Å². The predicted molar refractivity (Wildman–Crippen MR) is 167 cm³/mol. The molecule has 17 heteroatoms. The number of carbonyl (C=O) groups excluding carboxylic acids is 1. The molecule has 2 N–H and O–H groups in total. The molecule has 0 aliphatic heterocycles. The normalized spacial score (nSPS) is 12.4. The number of fused-ring (bicyclic) bond motifs is 1. The Kier molecular flexibility index (Phi) is 9.77. The van der Waals surface area contributed by atoms with Gasteiger partial charge in [0.1, 0.15) is 21.2 Å². The van der Waals surface area contributed by atoms with Crippen molar-refractivity contribution in [1.29, 1.82) is 0 Å². The second-order valence-corrected chi connectivity index (χ2v) is 16.4. The predicted octanol–water partition coefficient (Wildman–Crippen LogP) is 4.37. The van der Waals surface area contributed by atoms with Gasteiger partial charge in [0.2, 0.25) is 10.0 Å². The molecule has 2 aromatic heterocycles. The van der Waals surface area contributed by atoms with Gasteiger partial charge in [-0.25, -0.2) is 43.0 Å². The number of sulfone groups is 1. The van der Waals surface area contributed by atoms with E-state index in [1.807, 2.05) is 27.3 Å². The summed E-state index contributed by atoms with van der Waals surface area (Å²) >= 11 is 1.82. The van der Waals surface area contributed by atoms with Crippen LogP contribution < -0.4 is 10.0 Å². The molecule has 1 amide bonds. The highest BCUT2D eigenvalue weighted by Gasteiger charge is 2.26. The molecule has 0 bridgehead atoms. The molecule has 0 saturated carbocycles. The minimum absolute atomic E-state index is 0.0127. The number of anilines is 2. The van der Waals surface area contributed by atoms with Crippen molar-refractivity contribution >= 4 is 80.8 Å². The molecule has 2 heterocycles. The zero-order valence-corrected chi connectivity index (χ0v) is 27.0. The molecule has 0 spiro atoms. The van der Waals surface area contributed by atoms with Crippen molar-refractivity contribution in [3.63, 3.8) is 0 Å². The van der Waals surface area contributed by atoms with Gasteiger partial charge in [0, 0.05) is 11.1 Å². The van der Waals surface area contributed by atoms with Crippen LogP contribution in [0, 0.1) is 15.3 Å². The van der Waals surface area contributed by atoms with Crippen molar-refractivity contribution in [2.75, 3.05) is 27.3 Å². The van der Waals surface area contributed by atoms with E-state index in [2.05, 4.69) is 10.3 Å². The quantitative estimate of drug-likeness (QED) is 0.201. The lowest BCUT2D eigenvalue weighted by atomic mass is 10.1. The number of sulfonamides is 1. The third kappa shape index (κ3) is 7.50. The Labute approximate surface area is 260 Å². The highest BCUT2D eigenvalue weighted by atomic mass is 127. The standard InChI is InChI=1S/C26H25F2IN4O7S3/c1-2-11-41(35,36)12-6-13-42(37,38)32-21-10-9-20(27)23(24(21)28)26(34)31-18-14-17-15-22(29)33(25(17)30-16-18)43(39,40)19-7-4-3-5-8-19/h3-5,7-10,14-16,32H,2,6,11-13H2,1H3,(H,31,34). The maximum Gasteiger partial charge on any atom is 0.270 e. The molecule has 0 aliphatic carbocycles. The molecule has 11 nitrogen and oxygen atoms in total. The van der Waals surface area contributed by atoms with E-state index in [0.717, 1.165) is 16.2 Å². The summed E-state index contributed by atoms with van der Waals surface area (Å²) in [5.74, 6) is -5.12. The first kappa shape index (κ1) is 32.7. The minimum atomic E-state index is -4.24. The Morgan fingerprint density at radius 2 is 1.65 bits per heavy atom. The summed E-state index contributed by atoms with van der Waals surface area (Å²) in [6.07, 6.45) is 1.25. The van der Waals surface area contributed by atoms with Crippen LogP contribution in [-0.2, 0) is 29.9 Å². The zero-order chi connectivity index (χ0) is 31.6. The van der Waals surface area contributed by atoms with Crippen LogP contribution in [0.25, 0.3) is 11.0 Å². The number of hydrogen-bond donors (Lipinski definition) is 2. The number of amides is 1. The number of nitrogens with zero attached hydrogens (tertiary/aromatic N) is 2. The molecule has 2 aromatic carbocycles. The summed E-state index contributed by atoms with van der Waals surface area (Å²) in [7, 11) is -11.7. The first-order valence-electron chi connectivity index (χ1n) is 12.6. The number of benzene rings is 2. The van der Waals surface area contributed by atoms with Crippen LogP contribution in [0.5, 0.6) is 0 Å². The van der Waals surface area contributed by atoms with Crippen LogP contribution in [0.15, 0.2) is 65.7 Å². The molecule has 0 atom stereocenters. The highest BCUT2D eigenvalue weighted by molar-refractivity contribution is 14.1. The number of halogens is 3. The molecular formula is C26H25F2IN4O7S3. The van der Waals surface area contributed by atoms with E-state index in [0.29, 0.717) is 21.6 Å². The van der Waals surface area contributed by atoms with Crippen molar-refractivity contribution < 1.29 is 38.8 Å². The third-order valence-electron chi connectivity index (χ3n) is 6.06. The molecular weight excluding hydrogens is 741 g/mol. The third-order valence-corrected chi connectivity index (χ3v) is 12.2. The minimum Gasteiger partial charge on any atom is -0.320 e. The molecule has 0 unspecified atom stereocenters. The van der Waals surface area contributed by atoms with E-state index < -0.39 is 64.4 Å². The van der Waals surface area contributed by atoms with Crippen molar-refractivity contribution in [2.45, 2.75) is 24.7 Å². The maximum absolute atomic E-state index is 15.2. The molecule has 43 heavy (non-hydrogen) atoms. The molecule has 4 aromatic rings. The Morgan fingerprint density at radius 1 is 0.953 bits per heavy atom. The first-order valence-corrected chi connectivity index (χ1v) is 18.6. The second kappa shape index (κ2) is 12.8. The van der Waals surface area contributed by atoms with Crippen molar-refractivity contribution in [2.24, 2.45) is 0 Å². The van der Waals surface area contributed by atoms with Gasteiger partial charge >= 0.3 is 0 Å². The van der Waals surface area contributed by atoms with E-state index in [4.69, 9.17) is 0 Å². The Balaban J connectivity index is 1.55. The van der Waals surface area contributed by atoms with E-state index >= 15 is 4.39 Å². The van der Waals surface area contributed by atoms with E-state index in [1.165, 1.54) is 24.3 Å².